The van der Waals surface area contributed by atoms with Gasteiger partial charge in [0.1, 0.15) is 6.04 Å². The zero-order chi connectivity index (χ0) is 13.9. The van der Waals surface area contributed by atoms with Crippen LogP contribution in [-0.2, 0) is 9.59 Å². The van der Waals surface area contributed by atoms with Crippen molar-refractivity contribution >= 4 is 11.9 Å². The van der Waals surface area contributed by atoms with Crippen LogP contribution >= 0.6 is 0 Å². The third kappa shape index (κ3) is 4.00. The minimum atomic E-state index is -0.980. The van der Waals surface area contributed by atoms with Gasteiger partial charge in [-0.25, -0.2) is 0 Å². The summed E-state index contributed by atoms with van der Waals surface area (Å²) in [6.45, 7) is 8.22. The normalized spacial score (nSPS) is 26.4. The van der Waals surface area contributed by atoms with Gasteiger partial charge in [0.05, 0.1) is 0 Å². The predicted octanol–water partition coefficient (Wildman–Crippen LogP) is 2.43. The van der Waals surface area contributed by atoms with E-state index in [-0.39, 0.29) is 11.8 Å². The summed E-state index contributed by atoms with van der Waals surface area (Å²) in [4.78, 5) is 22.6. The molecule has 0 radical (unpaired) electrons. The second-order valence-electron chi connectivity index (χ2n) is 6.48. The molecule has 0 aromatic carbocycles. The van der Waals surface area contributed by atoms with Crippen LogP contribution in [0, 0.1) is 17.3 Å². The predicted molar refractivity (Wildman–Crippen MR) is 70.1 cm³/mol. The summed E-state index contributed by atoms with van der Waals surface area (Å²) in [7, 11) is 0. The largest absolute Gasteiger partial charge is 0.480 e. The standard InChI is InChI=1S/C14H25NO3/c1-9(13(17)18)15-12(16)10-5-7-11(8-6-10)14(2,3)4/h9-11H,5-8H2,1-4H3,(H,15,16)(H,17,18)/t9-,10?,11?/m1/s1. The molecule has 0 spiro atoms. The molecule has 2 N–H and O–H groups in total. The molecule has 18 heavy (non-hydrogen) atoms. The Hall–Kier alpha value is -1.06. The number of carboxylic acid groups (broad SMARTS) is 1. The van der Waals surface area contributed by atoms with E-state index < -0.39 is 12.0 Å². The summed E-state index contributed by atoms with van der Waals surface area (Å²) in [6, 6.07) is -0.794. The third-order valence-electron chi connectivity index (χ3n) is 4.05. The van der Waals surface area contributed by atoms with E-state index in [1.165, 1.54) is 6.92 Å². The van der Waals surface area contributed by atoms with Crippen LogP contribution in [0.5, 0.6) is 0 Å². The second kappa shape index (κ2) is 5.72. The van der Waals surface area contributed by atoms with Crippen molar-refractivity contribution in [3.63, 3.8) is 0 Å². The third-order valence-corrected chi connectivity index (χ3v) is 4.05. The molecule has 0 saturated heterocycles. The van der Waals surface area contributed by atoms with Crippen LogP contribution in [0.3, 0.4) is 0 Å². The number of carbonyl (C=O) groups is 2. The highest BCUT2D eigenvalue weighted by Crippen LogP contribution is 2.39. The average Bonchev–Trinajstić information content (AvgIpc) is 2.27. The fourth-order valence-corrected chi connectivity index (χ4v) is 2.61. The average molecular weight is 255 g/mol. The molecule has 1 saturated carbocycles. The van der Waals surface area contributed by atoms with Crippen LogP contribution in [0.25, 0.3) is 0 Å². The van der Waals surface area contributed by atoms with Gasteiger partial charge in [0, 0.05) is 5.92 Å². The Kier molecular flexibility index (Phi) is 4.77. The summed E-state index contributed by atoms with van der Waals surface area (Å²) in [5.74, 6) is -0.423. The van der Waals surface area contributed by atoms with Crippen LogP contribution in [0.2, 0.25) is 0 Å². The van der Waals surface area contributed by atoms with Gasteiger partial charge in [-0.05, 0) is 43.9 Å². The maximum absolute atomic E-state index is 11.9. The number of rotatable bonds is 3. The lowest BCUT2D eigenvalue weighted by molar-refractivity contribution is -0.142. The monoisotopic (exact) mass is 255 g/mol. The molecule has 4 heteroatoms. The molecule has 1 aliphatic carbocycles. The number of amides is 1. The molecule has 0 unspecified atom stereocenters. The zero-order valence-electron chi connectivity index (χ0n) is 11.8. The number of carbonyl (C=O) groups excluding carboxylic acids is 1. The molecular formula is C14H25NO3. The van der Waals surface area contributed by atoms with Crippen molar-refractivity contribution in [3.8, 4) is 0 Å². The van der Waals surface area contributed by atoms with Crippen molar-refractivity contribution in [2.45, 2.75) is 59.4 Å². The number of hydrogen-bond acceptors (Lipinski definition) is 2. The summed E-state index contributed by atoms with van der Waals surface area (Å²) in [6.07, 6.45) is 3.87. The van der Waals surface area contributed by atoms with Crippen molar-refractivity contribution < 1.29 is 14.7 Å². The molecule has 1 rings (SSSR count). The molecule has 0 aliphatic heterocycles. The lowest BCUT2D eigenvalue weighted by Crippen LogP contribution is -2.43. The maximum atomic E-state index is 11.9. The highest BCUT2D eigenvalue weighted by atomic mass is 16.4. The van der Waals surface area contributed by atoms with E-state index in [2.05, 4.69) is 26.1 Å². The first-order chi connectivity index (χ1) is 8.21. The van der Waals surface area contributed by atoms with E-state index in [0.717, 1.165) is 25.7 Å². The summed E-state index contributed by atoms with van der Waals surface area (Å²) >= 11 is 0. The van der Waals surface area contributed by atoms with E-state index in [4.69, 9.17) is 5.11 Å². The van der Waals surface area contributed by atoms with E-state index in [1.54, 1.807) is 0 Å². The van der Waals surface area contributed by atoms with Gasteiger partial charge in [-0.15, -0.1) is 0 Å². The first-order valence-corrected chi connectivity index (χ1v) is 6.75. The molecule has 1 fully saturated rings. The Morgan fingerprint density at radius 3 is 2.06 bits per heavy atom. The van der Waals surface area contributed by atoms with Crippen molar-refractivity contribution in [1.82, 2.24) is 5.32 Å². The minimum absolute atomic E-state index is 0.00889. The highest BCUT2D eigenvalue weighted by molar-refractivity contribution is 5.84. The second-order valence-corrected chi connectivity index (χ2v) is 6.48. The van der Waals surface area contributed by atoms with Gasteiger partial charge in [-0.2, -0.15) is 0 Å². The number of hydrogen-bond donors (Lipinski definition) is 2. The number of nitrogens with one attached hydrogen (secondary N) is 1. The summed E-state index contributed by atoms with van der Waals surface area (Å²) in [5.41, 5.74) is 0.301. The van der Waals surface area contributed by atoms with Crippen molar-refractivity contribution in [1.29, 1.82) is 0 Å². The maximum Gasteiger partial charge on any atom is 0.325 e. The molecule has 0 bridgehead atoms. The van der Waals surface area contributed by atoms with Crippen molar-refractivity contribution in [3.05, 3.63) is 0 Å². The lowest BCUT2D eigenvalue weighted by atomic mass is 9.69. The van der Waals surface area contributed by atoms with Crippen LogP contribution < -0.4 is 5.32 Å². The lowest BCUT2D eigenvalue weighted by Gasteiger charge is -2.36. The van der Waals surface area contributed by atoms with Gasteiger partial charge in [0.2, 0.25) is 5.91 Å². The highest BCUT2D eigenvalue weighted by Gasteiger charge is 2.32. The molecule has 1 atom stereocenters. The Morgan fingerprint density at radius 1 is 1.17 bits per heavy atom. The van der Waals surface area contributed by atoms with Crippen LogP contribution in [0.15, 0.2) is 0 Å². The molecular weight excluding hydrogens is 230 g/mol. The quantitative estimate of drug-likeness (QED) is 0.814. The zero-order valence-corrected chi connectivity index (χ0v) is 11.8. The Bertz CT molecular complexity index is 311. The first kappa shape index (κ1) is 15.0. The Morgan fingerprint density at radius 2 is 1.67 bits per heavy atom. The van der Waals surface area contributed by atoms with Gasteiger partial charge >= 0.3 is 5.97 Å². The van der Waals surface area contributed by atoms with E-state index in [1.807, 2.05) is 0 Å². The smallest absolute Gasteiger partial charge is 0.325 e. The molecule has 1 aliphatic rings. The Labute approximate surface area is 109 Å². The van der Waals surface area contributed by atoms with Crippen molar-refractivity contribution in [2.24, 2.45) is 17.3 Å². The van der Waals surface area contributed by atoms with Gasteiger partial charge < -0.3 is 10.4 Å². The van der Waals surface area contributed by atoms with E-state index >= 15 is 0 Å². The molecule has 0 heterocycles. The van der Waals surface area contributed by atoms with Gasteiger partial charge in [-0.1, -0.05) is 20.8 Å². The summed E-state index contributed by atoms with van der Waals surface area (Å²) < 4.78 is 0. The fourth-order valence-electron chi connectivity index (χ4n) is 2.61. The SMILES string of the molecule is C[C@@H](NC(=O)C1CCC(C(C)(C)C)CC1)C(=O)O. The molecule has 0 aromatic rings. The number of aliphatic carboxylic acids is 1. The molecule has 1 amide bonds. The molecule has 4 nitrogen and oxygen atoms in total. The van der Waals surface area contributed by atoms with Gasteiger partial charge in [-0.3, -0.25) is 9.59 Å². The number of carboxylic acids is 1. The van der Waals surface area contributed by atoms with Crippen LogP contribution in [0.1, 0.15) is 53.4 Å². The van der Waals surface area contributed by atoms with E-state index in [9.17, 15) is 9.59 Å². The van der Waals surface area contributed by atoms with Crippen LogP contribution in [-0.4, -0.2) is 23.0 Å². The molecule has 104 valence electrons. The topological polar surface area (TPSA) is 66.4 Å². The van der Waals surface area contributed by atoms with Crippen molar-refractivity contribution in [2.75, 3.05) is 0 Å². The van der Waals surface area contributed by atoms with Crippen LogP contribution in [0.4, 0.5) is 0 Å². The minimum Gasteiger partial charge on any atom is -0.480 e. The molecule has 0 aromatic heterocycles. The van der Waals surface area contributed by atoms with Gasteiger partial charge in [0.15, 0.2) is 0 Å². The fraction of sp³-hybridized carbons (Fsp3) is 0.857. The summed E-state index contributed by atoms with van der Waals surface area (Å²) in [5, 5.41) is 11.3. The van der Waals surface area contributed by atoms with E-state index in [0.29, 0.717) is 11.3 Å². The first-order valence-electron chi connectivity index (χ1n) is 6.75. The van der Waals surface area contributed by atoms with Gasteiger partial charge in [0.25, 0.3) is 0 Å². The Balaban J connectivity index is 2.43.